The van der Waals surface area contributed by atoms with Crippen molar-refractivity contribution >= 4 is 5.91 Å². The third-order valence-corrected chi connectivity index (χ3v) is 4.12. The molecule has 0 bridgehead atoms. The molecule has 0 aliphatic heterocycles. The molecule has 0 fully saturated rings. The lowest BCUT2D eigenvalue weighted by atomic mass is 9.96. The molecule has 2 heteroatoms. The van der Waals surface area contributed by atoms with Gasteiger partial charge in [-0.25, -0.2) is 0 Å². The monoisotopic (exact) mass is 321 g/mol. The summed E-state index contributed by atoms with van der Waals surface area (Å²) in [4.78, 5) is 14.8. The first-order valence-electron chi connectivity index (χ1n) is 8.63. The summed E-state index contributed by atoms with van der Waals surface area (Å²) in [7, 11) is 0. The topological polar surface area (TPSA) is 20.3 Å². The highest BCUT2D eigenvalue weighted by atomic mass is 16.2. The van der Waals surface area contributed by atoms with Gasteiger partial charge in [0.1, 0.15) is 0 Å². The molecule has 0 heterocycles. The second-order valence-corrected chi connectivity index (χ2v) is 6.49. The summed E-state index contributed by atoms with van der Waals surface area (Å²) in [5.41, 5.74) is 2.26. The van der Waals surface area contributed by atoms with Crippen LogP contribution in [0.15, 0.2) is 73.3 Å². The van der Waals surface area contributed by atoms with Crippen LogP contribution < -0.4 is 0 Å². The van der Waals surface area contributed by atoms with E-state index in [1.807, 2.05) is 47.4 Å². The fourth-order valence-corrected chi connectivity index (χ4v) is 2.87. The van der Waals surface area contributed by atoms with Gasteiger partial charge in [0.25, 0.3) is 0 Å². The number of amides is 1. The SMILES string of the molecule is C=CCN(C(=O)CCC(C)C)C(c1ccccc1)c1ccccc1. The Morgan fingerprint density at radius 2 is 1.50 bits per heavy atom. The largest absolute Gasteiger partial charge is 0.328 e. The molecule has 0 aliphatic rings. The van der Waals surface area contributed by atoms with E-state index < -0.39 is 0 Å². The van der Waals surface area contributed by atoms with E-state index in [9.17, 15) is 4.79 Å². The van der Waals surface area contributed by atoms with Gasteiger partial charge in [-0.2, -0.15) is 0 Å². The molecule has 0 spiro atoms. The zero-order valence-corrected chi connectivity index (χ0v) is 14.7. The summed E-state index contributed by atoms with van der Waals surface area (Å²) < 4.78 is 0. The van der Waals surface area contributed by atoms with Crippen molar-refractivity contribution in [1.29, 1.82) is 0 Å². The van der Waals surface area contributed by atoms with Gasteiger partial charge in [-0.15, -0.1) is 6.58 Å². The first kappa shape index (κ1) is 18.0. The van der Waals surface area contributed by atoms with Gasteiger partial charge in [-0.05, 0) is 23.5 Å². The van der Waals surface area contributed by atoms with E-state index in [0.717, 1.165) is 17.5 Å². The van der Waals surface area contributed by atoms with Crippen LogP contribution in [0.2, 0.25) is 0 Å². The van der Waals surface area contributed by atoms with Crippen LogP contribution in [0.25, 0.3) is 0 Å². The average Bonchev–Trinajstić information content (AvgIpc) is 2.61. The van der Waals surface area contributed by atoms with Crippen LogP contribution in [0.5, 0.6) is 0 Å². The Balaban J connectivity index is 2.38. The molecular weight excluding hydrogens is 294 g/mol. The summed E-state index contributed by atoms with van der Waals surface area (Å²) in [6.45, 7) is 8.70. The van der Waals surface area contributed by atoms with E-state index >= 15 is 0 Å². The molecule has 0 radical (unpaired) electrons. The third kappa shape index (κ3) is 4.82. The number of carbonyl (C=O) groups is 1. The summed E-state index contributed by atoms with van der Waals surface area (Å²) in [5, 5.41) is 0. The van der Waals surface area contributed by atoms with Gasteiger partial charge < -0.3 is 4.90 Å². The van der Waals surface area contributed by atoms with Crippen LogP contribution in [-0.2, 0) is 4.79 Å². The second kappa shape index (κ2) is 9.07. The Morgan fingerprint density at radius 1 is 1.00 bits per heavy atom. The Labute approximate surface area is 145 Å². The van der Waals surface area contributed by atoms with Gasteiger partial charge in [-0.3, -0.25) is 4.79 Å². The summed E-state index contributed by atoms with van der Waals surface area (Å²) in [5.74, 6) is 0.702. The van der Waals surface area contributed by atoms with Crippen molar-refractivity contribution in [3.63, 3.8) is 0 Å². The minimum atomic E-state index is -0.0786. The zero-order chi connectivity index (χ0) is 17.4. The molecule has 0 saturated heterocycles. The van der Waals surface area contributed by atoms with Gasteiger partial charge in [0.15, 0.2) is 0 Å². The number of benzene rings is 2. The molecule has 0 atom stereocenters. The fraction of sp³-hybridized carbons (Fsp3) is 0.318. The highest BCUT2D eigenvalue weighted by Crippen LogP contribution is 2.29. The van der Waals surface area contributed by atoms with Crippen molar-refractivity contribution in [1.82, 2.24) is 4.90 Å². The van der Waals surface area contributed by atoms with E-state index in [-0.39, 0.29) is 11.9 Å². The standard InChI is InChI=1S/C22H27NO/c1-4-17-23(21(24)16-15-18(2)3)22(19-11-7-5-8-12-19)20-13-9-6-10-14-20/h4-14,18,22H,1,15-17H2,2-3H3. The van der Waals surface area contributed by atoms with E-state index in [1.165, 1.54) is 0 Å². The summed E-state index contributed by atoms with van der Waals surface area (Å²) in [6, 6.07) is 20.4. The van der Waals surface area contributed by atoms with E-state index in [0.29, 0.717) is 18.9 Å². The van der Waals surface area contributed by atoms with E-state index in [1.54, 1.807) is 0 Å². The van der Waals surface area contributed by atoms with Crippen LogP contribution >= 0.6 is 0 Å². The molecule has 2 rings (SSSR count). The maximum Gasteiger partial charge on any atom is 0.223 e. The number of hydrogen-bond donors (Lipinski definition) is 0. The van der Waals surface area contributed by atoms with Crippen molar-refractivity contribution in [2.45, 2.75) is 32.7 Å². The number of nitrogens with zero attached hydrogens (tertiary/aromatic N) is 1. The third-order valence-electron chi connectivity index (χ3n) is 4.12. The lowest BCUT2D eigenvalue weighted by Crippen LogP contribution is -2.35. The quantitative estimate of drug-likeness (QED) is 0.610. The Morgan fingerprint density at radius 3 is 1.92 bits per heavy atom. The van der Waals surface area contributed by atoms with Crippen LogP contribution in [-0.4, -0.2) is 17.4 Å². The highest BCUT2D eigenvalue weighted by Gasteiger charge is 2.25. The average molecular weight is 321 g/mol. The van der Waals surface area contributed by atoms with Crippen molar-refractivity contribution in [3.8, 4) is 0 Å². The highest BCUT2D eigenvalue weighted by molar-refractivity contribution is 5.77. The molecule has 0 unspecified atom stereocenters. The first-order chi connectivity index (χ1) is 11.6. The lowest BCUT2D eigenvalue weighted by Gasteiger charge is -2.32. The minimum absolute atomic E-state index is 0.0786. The predicted octanol–water partition coefficient (Wildman–Crippen LogP) is 5.23. The van der Waals surface area contributed by atoms with E-state index in [4.69, 9.17) is 0 Å². The van der Waals surface area contributed by atoms with Crippen molar-refractivity contribution in [3.05, 3.63) is 84.4 Å². The zero-order valence-electron chi connectivity index (χ0n) is 14.7. The Hall–Kier alpha value is -2.35. The van der Waals surface area contributed by atoms with Crippen LogP contribution in [0.1, 0.15) is 43.9 Å². The number of rotatable bonds is 8. The van der Waals surface area contributed by atoms with Gasteiger partial charge in [0, 0.05) is 13.0 Å². The molecule has 0 saturated carbocycles. The Kier molecular flexibility index (Phi) is 6.80. The molecule has 2 aromatic rings. The maximum absolute atomic E-state index is 12.9. The van der Waals surface area contributed by atoms with Crippen LogP contribution in [0.4, 0.5) is 0 Å². The normalized spacial score (nSPS) is 10.8. The first-order valence-corrected chi connectivity index (χ1v) is 8.63. The molecule has 24 heavy (non-hydrogen) atoms. The second-order valence-electron chi connectivity index (χ2n) is 6.49. The van der Waals surface area contributed by atoms with Crippen LogP contribution in [0.3, 0.4) is 0 Å². The van der Waals surface area contributed by atoms with Crippen LogP contribution in [0, 0.1) is 5.92 Å². The van der Waals surface area contributed by atoms with Gasteiger partial charge >= 0.3 is 0 Å². The molecule has 0 aliphatic carbocycles. The van der Waals surface area contributed by atoms with Gasteiger partial charge in [0.2, 0.25) is 5.91 Å². The molecule has 2 nitrogen and oxygen atoms in total. The molecule has 1 amide bonds. The fourth-order valence-electron chi connectivity index (χ4n) is 2.87. The molecule has 0 N–H and O–H groups in total. The Bertz CT molecular complexity index is 594. The van der Waals surface area contributed by atoms with Gasteiger partial charge in [-0.1, -0.05) is 80.6 Å². The molecular formula is C22H27NO. The maximum atomic E-state index is 12.9. The smallest absolute Gasteiger partial charge is 0.223 e. The van der Waals surface area contributed by atoms with Crippen molar-refractivity contribution in [2.24, 2.45) is 5.92 Å². The number of hydrogen-bond acceptors (Lipinski definition) is 1. The summed E-state index contributed by atoms with van der Waals surface area (Å²) >= 11 is 0. The molecule has 0 aromatic heterocycles. The predicted molar refractivity (Wildman–Crippen MR) is 101 cm³/mol. The van der Waals surface area contributed by atoms with Crippen molar-refractivity contribution < 1.29 is 4.79 Å². The summed E-state index contributed by atoms with van der Waals surface area (Å²) in [6.07, 6.45) is 3.29. The molecule has 2 aromatic carbocycles. The number of carbonyl (C=O) groups excluding carboxylic acids is 1. The minimum Gasteiger partial charge on any atom is -0.328 e. The van der Waals surface area contributed by atoms with Gasteiger partial charge in [0.05, 0.1) is 6.04 Å². The lowest BCUT2D eigenvalue weighted by molar-refractivity contribution is -0.132. The molecule has 126 valence electrons. The van der Waals surface area contributed by atoms with Crippen molar-refractivity contribution in [2.75, 3.05) is 6.54 Å². The van der Waals surface area contributed by atoms with E-state index in [2.05, 4.69) is 44.7 Å².